The first-order valence-electron chi connectivity index (χ1n) is 6.76. The normalized spacial score (nSPS) is 23.0. The maximum absolute atomic E-state index is 13.0. The van der Waals surface area contributed by atoms with Gasteiger partial charge in [0.2, 0.25) is 0 Å². The average Bonchev–Trinajstić information content (AvgIpc) is 2.32. The molecule has 0 bridgehead atoms. The number of likely N-dealkylation sites (tertiary alicyclic amines) is 1. The van der Waals surface area contributed by atoms with E-state index in [9.17, 15) is 9.50 Å². The molecule has 1 heterocycles. The van der Waals surface area contributed by atoms with E-state index >= 15 is 0 Å². The maximum Gasteiger partial charge on any atom is 0.123 e. The zero-order valence-electron chi connectivity index (χ0n) is 11.2. The molecule has 2 rings (SSSR count). The van der Waals surface area contributed by atoms with Crippen LogP contribution in [0.1, 0.15) is 43.4 Å². The number of halogens is 1. The minimum atomic E-state index is -0.522. The van der Waals surface area contributed by atoms with Crippen molar-refractivity contribution in [2.75, 3.05) is 13.1 Å². The molecule has 1 saturated heterocycles. The SMILES string of the molecule is Cc1cc(F)ccc1C(O)CN1CCCCC1C. The lowest BCUT2D eigenvalue weighted by molar-refractivity contribution is 0.0729. The van der Waals surface area contributed by atoms with E-state index in [2.05, 4.69) is 11.8 Å². The average molecular weight is 251 g/mol. The Kier molecular flexibility index (Phi) is 4.36. The summed E-state index contributed by atoms with van der Waals surface area (Å²) in [7, 11) is 0. The fourth-order valence-corrected chi connectivity index (χ4v) is 2.76. The van der Waals surface area contributed by atoms with E-state index in [1.807, 2.05) is 6.92 Å². The van der Waals surface area contributed by atoms with Crippen LogP contribution < -0.4 is 0 Å². The number of nitrogens with zero attached hydrogens (tertiary/aromatic N) is 1. The summed E-state index contributed by atoms with van der Waals surface area (Å²) in [5.41, 5.74) is 1.67. The Labute approximate surface area is 108 Å². The van der Waals surface area contributed by atoms with Crippen molar-refractivity contribution in [3.63, 3.8) is 0 Å². The molecule has 0 spiro atoms. The molecule has 1 fully saturated rings. The molecular formula is C15H22FNO. The lowest BCUT2D eigenvalue weighted by Crippen LogP contribution is -2.40. The Bertz CT molecular complexity index is 407. The lowest BCUT2D eigenvalue weighted by atomic mass is 9.99. The number of hydrogen-bond donors (Lipinski definition) is 1. The molecule has 2 unspecified atom stereocenters. The molecule has 2 nitrogen and oxygen atoms in total. The second-order valence-corrected chi connectivity index (χ2v) is 5.36. The number of aliphatic hydroxyl groups is 1. The second-order valence-electron chi connectivity index (χ2n) is 5.36. The predicted octanol–water partition coefficient (Wildman–Crippen LogP) is 3.04. The van der Waals surface area contributed by atoms with Gasteiger partial charge in [-0.1, -0.05) is 12.5 Å². The summed E-state index contributed by atoms with van der Waals surface area (Å²) in [6, 6.07) is 5.14. The molecule has 0 aromatic heterocycles. The molecule has 1 aliphatic rings. The molecule has 1 N–H and O–H groups in total. The summed E-state index contributed by atoms with van der Waals surface area (Å²) in [5, 5.41) is 10.3. The number of rotatable bonds is 3. The van der Waals surface area contributed by atoms with E-state index in [0.29, 0.717) is 12.6 Å². The first kappa shape index (κ1) is 13.5. The van der Waals surface area contributed by atoms with Gasteiger partial charge in [-0.2, -0.15) is 0 Å². The summed E-state index contributed by atoms with van der Waals surface area (Å²) in [6.45, 7) is 5.76. The Balaban J connectivity index is 2.04. The van der Waals surface area contributed by atoms with Gasteiger partial charge in [0.25, 0.3) is 0 Å². The molecule has 2 atom stereocenters. The van der Waals surface area contributed by atoms with Gasteiger partial charge in [-0.05, 0) is 56.5 Å². The van der Waals surface area contributed by atoms with Crippen LogP contribution in [0, 0.1) is 12.7 Å². The summed E-state index contributed by atoms with van der Waals surface area (Å²) in [6.07, 6.45) is 3.17. The third-order valence-corrected chi connectivity index (χ3v) is 3.94. The van der Waals surface area contributed by atoms with E-state index in [4.69, 9.17) is 0 Å². The van der Waals surface area contributed by atoms with Gasteiger partial charge in [0.15, 0.2) is 0 Å². The Morgan fingerprint density at radius 2 is 2.22 bits per heavy atom. The number of aliphatic hydroxyl groups excluding tert-OH is 1. The number of β-amino-alcohol motifs (C(OH)–C–C–N with tert-alkyl or cyclic N) is 1. The Morgan fingerprint density at radius 3 is 2.89 bits per heavy atom. The van der Waals surface area contributed by atoms with Gasteiger partial charge in [-0.15, -0.1) is 0 Å². The molecule has 0 radical (unpaired) electrons. The number of hydrogen-bond acceptors (Lipinski definition) is 2. The zero-order chi connectivity index (χ0) is 13.1. The van der Waals surface area contributed by atoms with Gasteiger partial charge in [-0.25, -0.2) is 4.39 Å². The van der Waals surface area contributed by atoms with Crippen molar-refractivity contribution < 1.29 is 9.50 Å². The summed E-state index contributed by atoms with van der Waals surface area (Å²) < 4.78 is 13.0. The topological polar surface area (TPSA) is 23.5 Å². The number of benzene rings is 1. The van der Waals surface area contributed by atoms with Crippen molar-refractivity contribution in [2.24, 2.45) is 0 Å². The van der Waals surface area contributed by atoms with Gasteiger partial charge >= 0.3 is 0 Å². The highest BCUT2D eigenvalue weighted by Gasteiger charge is 2.22. The third-order valence-electron chi connectivity index (χ3n) is 3.94. The fraction of sp³-hybridized carbons (Fsp3) is 0.600. The standard InChI is InChI=1S/C15H22FNO/c1-11-9-13(16)6-7-14(11)15(18)10-17-8-4-3-5-12(17)2/h6-7,9,12,15,18H,3-5,8,10H2,1-2H3. The highest BCUT2D eigenvalue weighted by Crippen LogP contribution is 2.23. The quantitative estimate of drug-likeness (QED) is 0.892. The minimum absolute atomic E-state index is 0.241. The summed E-state index contributed by atoms with van der Waals surface area (Å²) in [4.78, 5) is 2.33. The van der Waals surface area contributed by atoms with Crippen molar-refractivity contribution in [2.45, 2.75) is 45.3 Å². The van der Waals surface area contributed by atoms with Crippen LogP contribution in [0.2, 0.25) is 0 Å². The number of aryl methyl sites for hydroxylation is 1. The van der Waals surface area contributed by atoms with Crippen molar-refractivity contribution in [1.29, 1.82) is 0 Å². The van der Waals surface area contributed by atoms with Crippen molar-refractivity contribution in [3.8, 4) is 0 Å². The maximum atomic E-state index is 13.0. The van der Waals surface area contributed by atoms with E-state index in [1.165, 1.54) is 31.4 Å². The molecule has 1 aromatic carbocycles. The third kappa shape index (κ3) is 3.09. The molecular weight excluding hydrogens is 229 g/mol. The van der Waals surface area contributed by atoms with Crippen LogP contribution in [0.3, 0.4) is 0 Å². The fourth-order valence-electron chi connectivity index (χ4n) is 2.76. The monoisotopic (exact) mass is 251 g/mol. The van der Waals surface area contributed by atoms with Crippen LogP contribution in [0.15, 0.2) is 18.2 Å². The van der Waals surface area contributed by atoms with Gasteiger partial charge in [-0.3, -0.25) is 4.90 Å². The first-order valence-corrected chi connectivity index (χ1v) is 6.76. The molecule has 0 amide bonds. The Hall–Kier alpha value is -0.930. The lowest BCUT2D eigenvalue weighted by Gasteiger charge is -2.35. The molecule has 1 aliphatic heterocycles. The van der Waals surface area contributed by atoms with E-state index in [-0.39, 0.29) is 5.82 Å². The molecule has 0 saturated carbocycles. The van der Waals surface area contributed by atoms with E-state index in [1.54, 1.807) is 6.07 Å². The van der Waals surface area contributed by atoms with Gasteiger partial charge in [0.05, 0.1) is 6.10 Å². The highest BCUT2D eigenvalue weighted by molar-refractivity contribution is 5.28. The van der Waals surface area contributed by atoms with Gasteiger partial charge < -0.3 is 5.11 Å². The van der Waals surface area contributed by atoms with Crippen LogP contribution in [0.25, 0.3) is 0 Å². The van der Waals surface area contributed by atoms with Gasteiger partial charge in [0, 0.05) is 12.6 Å². The van der Waals surface area contributed by atoms with E-state index < -0.39 is 6.10 Å². The molecule has 18 heavy (non-hydrogen) atoms. The van der Waals surface area contributed by atoms with Crippen molar-refractivity contribution in [1.82, 2.24) is 4.90 Å². The number of piperidine rings is 1. The van der Waals surface area contributed by atoms with Crippen LogP contribution in [0.4, 0.5) is 4.39 Å². The molecule has 0 aliphatic carbocycles. The molecule has 100 valence electrons. The van der Waals surface area contributed by atoms with Crippen LogP contribution in [0.5, 0.6) is 0 Å². The second kappa shape index (κ2) is 5.81. The van der Waals surface area contributed by atoms with E-state index in [0.717, 1.165) is 17.7 Å². The Morgan fingerprint density at radius 1 is 1.44 bits per heavy atom. The minimum Gasteiger partial charge on any atom is -0.387 e. The zero-order valence-corrected chi connectivity index (χ0v) is 11.2. The van der Waals surface area contributed by atoms with Crippen LogP contribution >= 0.6 is 0 Å². The largest absolute Gasteiger partial charge is 0.387 e. The predicted molar refractivity (Wildman–Crippen MR) is 71.0 cm³/mol. The highest BCUT2D eigenvalue weighted by atomic mass is 19.1. The summed E-state index contributed by atoms with van der Waals surface area (Å²) >= 11 is 0. The molecule has 3 heteroatoms. The van der Waals surface area contributed by atoms with Crippen molar-refractivity contribution >= 4 is 0 Å². The smallest absolute Gasteiger partial charge is 0.123 e. The van der Waals surface area contributed by atoms with Crippen LogP contribution in [-0.4, -0.2) is 29.1 Å². The summed E-state index contributed by atoms with van der Waals surface area (Å²) in [5.74, 6) is -0.241. The first-order chi connectivity index (χ1) is 8.58. The van der Waals surface area contributed by atoms with Crippen LogP contribution in [-0.2, 0) is 0 Å². The van der Waals surface area contributed by atoms with Gasteiger partial charge in [0.1, 0.15) is 5.82 Å². The van der Waals surface area contributed by atoms with Crippen molar-refractivity contribution in [3.05, 3.63) is 35.1 Å². The molecule has 1 aromatic rings.